The molecule has 7 nitrogen and oxygen atoms in total. The molecular formula is C10H17N3O4S. The van der Waals surface area contributed by atoms with Crippen LogP contribution >= 0.6 is 0 Å². The molecule has 1 aromatic heterocycles. The summed E-state index contributed by atoms with van der Waals surface area (Å²) in [5, 5.41) is 15.3. The number of carboxylic acid groups (broad SMARTS) is 1. The topological polar surface area (TPSA) is 112 Å². The normalized spacial score (nSPS) is 13.5. The van der Waals surface area contributed by atoms with Gasteiger partial charge in [0.2, 0.25) is 10.0 Å². The number of aromatic nitrogens is 2. The van der Waals surface area contributed by atoms with Crippen LogP contribution in [0.3, 0.4) is 0 Å². The van der Waals surface area contributed by atoms with E-state index in [4.69, 9.17) is 5.11 Å². The summed E-state index contributed by atoms with van der Waals surface area (Å²) in [5.41, 5.74) is 0.710. The predicted molar refractivity (Wildman–Crippen MR) is 64.7 cm³/mol. The van der Waals surface area contributed by atoms with Gasteiger partial charge in [-0.3, -0.25) is 9.89 Å². The Morgan fingerprint density at radius 1 is 1.50 bits per heavy atom. The van der Waals surface area contributed by atoms with E-state index in [1.165, 1.54) is 0 Å². The lowest BCUT2D eigenvalue weighted by Crippen LogP contribution is -2.40. The lowest BCUT2D eigenvalue weighted by Gasteiger charge is -2.13. The van der Waals surface area contributed by atoms with Gasteiger partial charge in [-0.1, -0.05) is 13.3 Å². The van der Waals surface area contributed by atoms with Gasteiger partial charge >= 0.3 is 5.97 Å². The Bertz CT molecular complexity index is 516. The number of nitrogens with zero attached hydrogens (tertiary/aromatic N) is 1. The highest BCUT2D eigenvalue weighted by Gasteiger charge is 2.28. The van der Waals surface area contributed by atoms with E-state index in [0.29, 0.717) is 17.8 Å². The Morgan fingerprint density at radius 3 is 2.50 bits per heavy atom. The number of hydrogen-bond donors (Lipinski definition) is 3. The Labute approximate surface area is 106 Å². The fourth-order valence-electron chi connectivity index (χ4n) is 1.70. The van der Waals surface area contributed by atoms with Crippen LogP contribution in [0.25, 0.3) is 0 Å². The number of carboxylic acids is 1. The maximum Gasteiger partial charge on any atom is 0.321 e. The molecule has 0 fully saturated rings. The van der Waals surface area contributed by atoms with Crippen LogP contribution in [-0.4, -0.2) is 35.7 Å². The van der Waals surface area contributed by atoms with E-state index in [9.17, 15) is 13.2 Å². The van der Waals surface area contributed by atoms with Crippen LogP contribution < -0.4 is 4.72 Å². The molecule has 0 unspecified atom stereocenters. The van der Waals surface area contributed by atoms with Gasteiger partial charge in [0.05, 0.1) is 11.4 Å². The molecule has 8 heteroatoms. The van der Waals surface area contributed by atoms with Crippen molar-refractivity contribution in [1.82, 2.24) is 14.9 Å². The first-order valence-electron chi connectivity index (χ1n) is 5.56. The molecule has 0 saturated heterocycles. The molecule has 0 aliphatic carbocycles. The minimum absolute atomic E-state index is 0.0184. The minimum Gasteiger partial charge on any atom is -0.480 e. The largest absolute Gasteiger partial charge is 0.480 e. The zero-order chi connectivity index (χ0) is 13.9. The molecule has 1 rings (SSSR count). The van der Waals surface area contributed by atoms with Crippen LogP contribution in [0, 0.1) is 13.8 Å². The first kappa shape index (κ1) is 14.7. The fraction of sp³-hybridized carbons (Fsp3) is 0.600. The Kier molecular flexibility index (Phi) is 4.47. The Morgan fingerprint density at radius 2 is 2.11 bits per heavy atom. The number of aliphatic carboxylic acids is 1. The summed E-state index contributed by atoms with van der Waals surface area (Å²) < 4.78 is 26.4. The number of nitrogens with one attached hydrogen (secondary N) is 2. The van der Waals surface area contributed by atoms with E-state index in [1.807, 2.05) is 0 Å². The second-order valence-electron chi connectivity index (χ2n) is 4.06. The molecule has 18 heavy (non-hydrogen) atoms. The third kappa shape index (κ3) is 3.08. The highest BCUT2D eigenvalue weighted by atomic mass is 32.2. The molecule has 3 N–H and O–H groups in total. The highest BCUT2D eigenvalue weighted by Crippen LogP contribution is 2.17. The van der Waals surface area contributed by atoms with Gasteiger partial charge in [0.25, 0.3) is 0 Å². The SMILES string of the molecule is CCC[C@@H](NS(=O)(=O)c1c(C)n[nH]c1C)C(=O)O. The third-order valence-electron chi connectivity index (χ3n) is 2.50. The molecule has 0 amide bonds. The summed E-state index contributed by atoms with van der Waals surface area (Å²) in [5.74, 6) is -1.18. The van der Waals surface area contributed by atoms with E-state index in [2.05, 4.69) is 14.9 Å². The number of H-pyrrole nitrogens is 1. The quantitative estimate of drug-likeness (QED) is 0.702. The fourth-order valence-corrected chi connectivity index (χ4v) is 3.30. The second kappa shape index (κ2) is 5.49. The summed E-state index contributed by atoms with van der Waals surface area (Å²) in [6.07, 6.45) is 0.813. The molecule has 0 aromatic carbocycles. The molecule has 0 aliphatic heterocycles. The van der Waals surface area contributed by atoms with Gasteiger partial charge in [-0.2, -0.15) is 9.82 Å². The molecule has 0 spiro atoms. The zero-order valence-corrected chi connectivity index (χ0v) is 11.3. The van der Waals surface area contributed by atoms with Crippen molar-refractivity contribution in [3.63, 3.8) is 0 Å². The summed E-state index contributed by atoms with van der Waals surface area (Å²) in [6, 6.07) is -1.12. The van der Waals surface area contributed by atoms with E-state index >= 15 is 0 Å². The highest BCUT2D eigenvalue weighted by molar-refractivity contribution is 7.89. The summed E-state index contributed by atoms with van der Waals surface area (Å²) in [6.45, 7) is 4.91. The van der Waals surface area contributed by atoms with Crippen molar-refractivity contribution in [3.05, 3.63) is 11.4 Å². The van der Waals surface area contributed by atoms with Gasteiger partial charge in [0.1, 0.15) is 10.9 Å². The lowest BCUT2D eigenvalue weighted by atomic mass is 10.2. The number of sulfonamides is 1. The maximum absolute atomic E-state index is 12.1. The van der Waals surface area contributed by atoms with Crippen LogP contribution in [0.4, 0.5) is 0 Å². The van der Waals surface area contributed by atoms with Crippen molar-refractivity contribution in [1.29, 1.82) is 0 Å². The van der Waals surface area contributed by atoms with E-state index in [-0.39, 0.29) is 11.3 Å². The van der Waals surface area contributed by atoms with Crippen molar-refractivity contribution in [2.45, 2.75) is 44.6 Å². The zero-order valence-electron chi connectivity index (χ0n) is 10.5. The predicted octanol–water partition coefficient (Wildman–Crippen LogP) is 0.558. The molecule has 0 radical (unpaired) electrons. The molecule has 1 heterocycles. The number of hydrogen-bond acceptors (Lipinski definition) is 4. The van der Waals surface area contributed by atoms with Crippen molar-refractivity contribution in [2.75, 3.05) is 0 Å². The number of aromatic amines is 1. The van der Waals surface area contributed by atoms with E-state index in [0.717, 1.165) is 0 Å². The van der Waals surface area contributed by atoms with Crippen LogP contribution in [0.2, 0.25) is 0 Å². The maximum atomic E-state index is 12.1. The number of rotatable bonds is 6. The molecule has 0 bridgehead atoms. The van der Waals surface area contributed by atoms with Gasteiger partial charge in [0.15, 0.2) is 0 Å². The van der Waals surface area contributed by atoms with Gasteiger partial charge in [-0.15, -0.1) is 0 Å². The molecule has 0 aliphatic rings. The van der Waals surface area contributed by atoms with Crippen molar-refractivity contribution < 1.29 is 18.3 Å². The van der Waals surface area contributed by atoms with Gasteiger partial charge in [-0.05, 0) is 20.3 Å². The molecular weight excluding hydrogens is 258 g/mol. The summed E-state index contributed by atoms with van der Waals surface area (Å²) in [4.78, 5) is 11.0. The molecule has 102 valence electrons. The summed E-state index contributed by atoms with van der Waals surface area (Å²) >= 11 is 0. The molecule has 1 atom stereocenters. The monoisotopic (exact) mass is 275 g/mol. The average Bonchev–Trinajstić information content (AvgIpc) is 2.58. The Balaban J connectivity index is 3.05. The van der Waals surface area contributed by atoms with E-state index in [1.54, 1.807) is 20.8 Å². The smallest absolute Gasteiger partial charge is 0.321 e. The van der Waals surface area contributed by atoms with Gasteiger partial charge in [0, 0.05) is 0 Å². The Hall–Kier alpha value is -1.41. The number of carbonyl (C=O) groups is 1. The molecule has 0 saturated carbocycles. The van der Waals surface area contributed by atoms with Crippen LogP contribution in [0.15, 0.2) is 4.90 Å². The standard InChI is InChI=1S/C10H17N3O4S/c1-4-5-8(10(14)15)13-18(16,17)9-6(2)11-12-7(9)3/h8,13H,4-5H2,1-3H3,(H,11,12)(H,14,15)/t8-/m1/s1. The third-order valence-corrected chi connectivity index (χ3v) is 4.24. The van der Waals surface area contributed by atoms with Crippen molar-refractivity contribution in [3.8, 4) is 0 Å². The van der Waals surface area contributed by atoms with Crippen molar-refractivity contribution in [2.24, 2.45) is 0 Å². The first-order chi connectivity index (χ1) is 8.29. The van der Waals surface area contributed by atoms with Crippen LogP contribution in [0.5, 0.6) is 0 Å². The van der Waals surface area contributed by atoms with Crippen LogP contribution in [0.1, 0.15) is 31.2 Å². The van der Waals surface area contributed by atoms with E-state index < -0.39 is 22.0 Å². The second-order valence-corrected chi connectivity index (χ2v) is 5.71. The summed E-state index contributed by atoms with van der Waals surface area (Å²) in [7, 11) is -3.87. The van der Waals surface area contributed by atoms with Gasteiger partial charge in [-0.25, -0.2) is 8.42 Å². The van der Waals surface area contributed by atoms with Gasteiger partial charge < -0.3 is 5.11 Å². The van der Waals surface area contributed by atoms with Crippen LogP contribution in [-0.2, 0) is 14.8 Å². The average molecular weight is 275 g/mol. The molecule has 1 aromatic rings. The number of aryl methyl sites for hydroxylation is 2. The lowest BCUT2D eigenvalue weighted by molar-refractivity contribution is -0.139. The van der Waals surface area contributed by atoms with Crippen molar-refractivity contribution >= 4 is 16.0 Å². The first-order valence-corrected chi connectivity index (χ1v) is 7.04. The minimum atomic E-state index is -3.87.